The highest BCUT2D eigenvalue weighted by molar-refractivity contribution is 9.08. The second-order valence-electron chi connectivity index (χ2n) is 3.29. The number of pyridine rings is 1. The molecular formula is C10H11BrN4O. The van der Waals surface area contributed by atoms with E-state index in [0.717, 1.165) is 22.5 Å². The maximum atomic E-state index is 5.51. The average Bonchev–Trinajstić information content (AvgIpc) is 2.73. The van der Waals surface area contributed by atoms with E-state index in [0.29, 0.717) is 6.61 Å². The Hall–Kier alpha value is -1.43. The van der Waals surface area contributed by atoms with E-state index >= 15 is 0 Å². The lowest BCUT2D eigenvalue weighted by Crippen LogP contribution is -1.96. The minimum absolute atomic E-state index is 0.406. The van der Waals surface area contributed by atoms with Gasteiger partial charge in [0.05, 0.1) is 18.1 Å². The molecule has 0 aliphatic rings. The van der Waals surface area contributed by atoms with Crippen molar-refractivity contribution in [1.29, 1.82) is 0 Å². The van der Waals surface area contributed by atoms with Gasteiger partial charge in [0.2, 0.25) is 0 Å². The van der Waals surface area contributed by atoms with Crippen LogP contribution in [0.3, 0.4) is 0 Å². The Morgan fingerprint density at radius 2 is 2.25 bits per heavy atom. The van der Waals surface area contributed by atoms with Crippen LogP contribution in [0.1, 0.15) is 11.4 Å². The van der Waals surface area contributed by atoms with Gasteiger partial charge in [0.25, 0.3) is 0 Å². The van der Waals surface area contributed by atoms with Crippen molar-refractivity contribution in [2.24, 2.45) is 7.05 Å². The fourth-order valence-corrected chi connectivity index (χ4v) is 1.53. The molecule has 0 atom stereocenters. The van der Waals surface area contributed by atoms with Crippen molar-refractivity contribution in [3.8, 4) is 5.75 Å². The number of aromatic nitrogens is 4. The Balaban J connectivity index is 1.94. The minimum Gasteiger partial charge on any atom is -0.486 e. The summed E-state index contributed by atoms with van der Waals surface area (Å²) in [7, 11) is 1.82. The van der Waals surface area contributed by atoms with Crippen LogP contribution in [0, 0.1) is 0 Å². The first-order valence-corrected chi connectivity index (χ1v) is 5.89. The van der Waals surface area contributed by atoms with Gasteiger partial charge in [-0.1, -0.05) is 21.1 Å². The van der Waals surface area contributed by atoms with E-state index in [2.05, 4.69) is 31.2 Å². The summed E-state index contributed by atoms with van der Waals surface area (Å²) in [5.74, 6) is 0.732. The molecule has 0 aromatic carbocycles. The number of nitrogens with zero attached hydrogens (tertiary/aromatic N) is 4. The van der Waals surface area contributed by atoms with Crippen molar-refractivity contribution in [3.63, 3.8) is 0 Å². The molecule has 2 rings (SSSR count). The van der Waals surface area contributed by atoms with Gasteiger partial charge in [0, 0.05) is 12.4 Å². The maximum Gasteiger partial charge on any atom is 0.138 e. The van der Waals surface area contributed by atoms with Crippen molar-refractivity contribution >= 4 is 15.9 Å². The molecule has 16 heavy (non-hydrogen) atoms. The molecule has 0 saturated carbocycles. The first-order chi connectivity index (χ1) is 7.78. The van der Waals surface area contributed by atoms with Gasteiger partial charge in [0.1, 0.15) is 18.1 Å². The van der Waals surface area contributed by atoms with E-state index in [1.54, 1.807) is 10.9 Å². The summed E-state index contributed by atoms with van der Waals surface area (Å²) in [4.78, 5) is 4.20. The molecule has 2 aromatic rings. The van der Waals surface area contributed by atoms with Gasteiger partial charge in [-0.2, -0.15) is 0 Å². The molecule has 0 unspecified atom stereocenters. The molecule has 0 spiro atoms. The van der Waals surface area contributed by atoms with Gasteiger partial charge in [-0.05, 0) is 12.1 Å². The fraction of sp³-hybridized carbons (Fsp3) is 0.300. The second-order valence-corrected chi connectivity index (χ2v) is 3.85. The lowest BCUT2D eigenvalue weighted by Gasteiger charge is -2.03. The lowest BCUT2D eigenvalue weighted by atomic mass is 10.4. The Bertz CT molecular complexity index is 454. The van der Waals surface area contributed by atoms with Gasteiger partial charge < -0.3 is 4.74 Å². The number of hydrogen-bond donors (Lipinski definition) is 0. The molecule has 0 N–H and O–H groups in total. The third-order valence-electron chi connectivity index (χ3n) is 1.97. The first-order valence-electron chi connectivity index (χ1n) is 4.77. The van der Waals surface area contributed by atoms with Crippen LogP contribution in [0.15, 0.2) is 24.5 Å². The largest absolute Gasteiger partial charge is 0.486 e. The third kappa shape index (κ3) is 2.79. The standard InChI is InChI=1S/C10H11BrN4O/c1-15-6-9(13-14-15)7-16-10-3-2-8(4-11)12-5-10/h2-3,5-6H,4,7H2,1H3. The Morgan fingerprint density at radius 1 is 1.38 bits per heavy atom. The Kier molecular flexibility index (Phi) is 3.51. The third-order valence-corrected chi connectivity index (χ3v) is 2.55. The summed E-state index contributed by atoms with van der Waals surface area (Å²) >= 11 is 3.34. The Labute approximate surface area is 102 Å². The van der Waals surface area contributed by atoms with E-state index < -0.39 is 0 Å². The quantitative estimate of drug-likeness (QED) is 0.801. The van der Waals surface area contributed by atoms with Crippen molar-refractivity contribution in [2.75, 3.05) is 0 Å². The van der Waals surface area contributed by atoms with Gasteiger partial charge in [0.15, 0.2) is 0 Å². The molecular weight excluding hydrogens is 272 g/mol. The van der Waals surface area contributed by atoms with E-state index in [1.807, 2.05) is 25.4 Å². The van der Waals surface area contributed by atoms with Crippen molar-refractivity contribution < 1.29 is 4.74 Å². The number of halogens is 1. The normalized spacial score (nSPS) is 10.4. The average molecular weight is 283 g/mol. The van der Waals surface area contributed by atoms with Crippen molar-refractivity contribution in [3.05, 3.63) is 35.9 Å². The van der Waals surface area contributed by atoms with Crippen LogP contribution in [0.4, 0.5) is 0 Å². The summed E-state index contributed by atoms with van der Waals surface area (Å²) < 4.78 is 7.15. The fourth-order valence-electron chi connectivity index (χ4n) is 1.19. The highest BCUT2D eigenvalue weighted by Crippen LogP contribution is 2.12. The van der Waals surface area contributed by atoms with Gasteiger partial charge in [-0.15, -0.1) is 5.10 Å². The van der Waals surface area contributed by atoms with Gasteiger partial charge in [-0.25, -0.2) is 0 Å². The number of alkyl halides is 1. The summed E-state index contributed by atoms with van der Waals surface area (Å²) in [5.41, 5.74) is 1.78. The van der Waals surface area contributed by atoms with Crippen LogP contribution in [-0.4, -0.2) is 20.0 Å². The highest BCUT2D eigenvalue weighted by Gasteiger charge is 2.00. The molecule has 2 heterocycles. The molecule has 6 heteroatoms. The molecule has 0 aliphatic heterocycles. The van der Waals surface area contributed by atoms with Crippen LogP contribution in [-0.2, 0) is 19.0 Å². The smallest absolute Gasteiger partial charge is 0.138 e. The van der Waals surface area contributed by atoms with Crippen LogP contribution >= 0.6 is 15.9 Å². The predicted octanol–water partition coefficient (Wildman–Crippen LogP) is 1.68. The van der Waals surface area contributed by atoms with E-state index in [4.69, 9.17) is 4.74 Å². The zero-order valence-corrected chi connectivity index (χ0v) is 10.4. The van der Waals surface area contributed by atoms with Crippen LogP contribution < -0.4 is 4.74 Å². The molecule has 2 aromatic heterocycles. The Morgan fingerprint density at radius 3 is 2.81 bits per heavy atom. The molecule has 0 radical (unpaired) electrons. The summed E-state index contributed by atoms with van der Waals surface area (Å²) in [6, 6.07) is 3.81. The molecule has 0 saturated heterocycles. The molecule has 84 valence electrons. The van der Waals surface area contributed by atoms with Gasteiger partial charge >= 0.3 is 0 Å². The minimum atomic E-state index is 0.406. The van der Waals surface area contributed by atoms with Crippen molar-refractivity contribution in [1.82, 2.24) is 20.0 Å². The topological polar surface area (TPSA) is 52.8 Å². The monoisotopic (exact) mass is 282 g/mol. The number of aryl methyl sites for hydroxylation is 1. The van der Waals surface area contributed by atoms with Gasteiger partial charge in [-0.3, -0.25) is 9.67 Å². The predicted molar refractivity (Wildman–Crippen MR) is 62.2 cm³/mol. The first kappa shape index (κ1) is 11.1. The number of rotatable bonds is 4. The van der Waals surface area contributed by atoms with E-state index in [1.165, 1.54) is 0 Å². The van der Waals surface area contributed by atoms with Crippen LogP contribution in [0.25, 0.3) is 0 Å². The zero-order chi connectivity index (χ0) is 11.4. The lowest BCUT2D eigenvalue weighted by molar-refractivity contribution is 0.300. The SMILES string of the molecule is Cn1cc(COc2ccc(CBr)nc2)nn1. The summed E-state index contributed by atoms with van der Waals surface area (Å²) in [6.45, 7) is 0.406. The van der Waals surface area contributed by atoms with Crippen LogP contribution in [0.5, 0.6) is 5.75 Å². The molecule has 0 bridgehead atoms. The number of ether oxygens (including phenoxy) is 1. The highest BCUT2D eigenvalue weighted by atomic mass is 79.9. The van der Waals surface area contributed by atoms with Crippen molar-refractivity contribution in [2.45, 2.75) is 11.9 Å². The summed E-state index contributed by atoms with van der Waals surface area (Å²) in [6.07, 6.45) is 3.52. The molecule has 0 amide bonds. The second kappa shape index (κ2) is 5.07. The molecule has 0 aliphatic carbocycles. The zero-order valence-electron chi connectivity index (χ0n) is 8.80. The molecule has 0 fully saturated rings. The summed E-state index contributed by atoms with van der Waals surface area (Å²) in [5, 5.41) is 8.49. The van der Waals surface area contributed by atoms with E-state index in [-0.39, 0.29) is 0 Å². The number of hydrogen-bond acceptors (Lipinski definition) is 4. The van der Waals surface area contributed by atoms with E-state index in [9.17, 15) is 0 Å². The molecule has 5 nitrogen and oxygen atoms in total. The maximum absolute atomic E-state index is 5.51. The van der Waals surface area contributed by atoms with Crippen LogP contribution in [0.2, 0.25) is 0 Å².